The van der Waals surface area contributed by atoms with Crippen molar-refractivity contribution >= 4 is 79.1 Å². The maximum absolute atomic E-state index is 12.5. The first-order valence-corrected chi connectivity index (χ1v) is 43.3. The zero-order chi connectivity index (χ0) is 100. The van der Waals surface area contributed by atoms with Gasteiger partial charge in [0.2, 0.25) is 5.82 Å². The highest BCUT2D eigenvalue weighted by atomic mass is 35.5. The topological polar surface area (TPSA) is 179 Å². The van der Waals surface area contributed by atoms with Crippen molar-refractivity contribution in [1.82, 2.24) is 0 Å². The number of ether oxygens (including phenoxy) is 2. The first kappa shape index (κ1) is 110. The molecule has 38 heteroatoms. The maximum atomic E-state index is 12.5. The number of benzene rings is 13. The van der Waals surface area contributed by atoms with Crippen LogP contribution in [-0.2, 0) is 58.0 Å². The van der Waals surface area contributed by atoms with E-state index < -0.39 is 106 Å². The summed E-state index contributed by atoms with van der Waals surface area (Å²) in [6.45, 7) is 8.41. The molecule has 13 aromatic carbocycles. The van der Waals surface area contributed by atoms with Crippen molar-refractivity contribution in [1.29, 1.82) is 0 Å². The second-order valence-corrected chi connectivity index (χ2v) is 35.7. The van der Waals surface area contributed by atoms with E-state index in [0.717, 1.165) is 22.6 Å². The predicted molar refractivity (Wildman–Crippen MR) is 451 cm³/mol. The van der Waals surface area contributed by atoms with Gasteiger partial charge in [0.15, 0.2) is 82.0 Å². The smallest absolute Gasteiger partial charge is 0.460 e. The van der Waals surface area contributed by atoms with E-state index in [1.165, 1.54) is 69.9 Å². The van der Waals surface area contributed by atoms with Crippen LogP contribution in [0.1, 0.15) is 32.6 Å². The number of alkyl halides is 19. The standard InChI is InChI=1S/2C20H19OS.2C19H17S.C7HF5O2.C5HF9O2.C4HF7O2.C2HClF2O2/c2*1-16-13-14-19(15-20(16)21-2)22(17-9-5-3-6-10-17)18-11-7-4-8-12-18;2*1-16-12-14-19(15-13-16)20(17-8-4-2-5-9-17)18-10-6-3-7-11-18;8-2-1(7(13)14)3(9)5(11)6(12)4(2)10;6-2(7,1(15)16)3(8,9)4(10,11)5(12,13)14;5-2(6,1(12)13)3(7,8)4(9,10)11;3-2(4,5)1(6)7/h2*3-15H,1-2H3;2*2-15H,1H3;(H,13,14);(H,15,16);(H,12,13);(H,6,7)/q4*+1;;;;/p-4. The number of carbonyl (C=O) groups excluding carboxylic acids is 4. The molecule has 13 aromatic rings. The van der Waals surface area contributed by atoms with Crippen LogP contribution in [0.2, 0.25) is 0 Å². The van der Waals surface area contributed by atoms with Gasteiger partial charge in [0.1, 0.15) is 29.4 Å². The number of rotatable bonds is 21. The summed E-state index contributed by atoms with van der Waals surface area (Å²) in [5.41, 5.74) is 2.96. The number of carbonyl (C=O) groups is 4. The van der Waals surface area contributed by atoms with Crippen LogP contribution in [0.25, 0.3) is 0 Å². The normalized spacial score (nSPS) is 11.6. The Bertz CT molecular complexity index is 5470. The molecule has 0 N–H and O–H groups in total. The lowest BCUT2D eigenvalue weighted by Crippen LogP contribution is -2.65. The monoisotopic (exact) mass is 1980 g/mol. The average Bonchev–Trinajstić information content (AvgIpc) is 0.734. The van der Waals surface area contributed by atoms with E-state index >= 15 is 0 Å². The van der Waals surface area contributed by atoms with Gasteiger partial charge in [-0.05, 0) is 184 Å². The van der Waals surface area contributed by atoms with Crippen molar-refractivity contribution < 1.29 is 150 Å². The Morgan fingerprint density at radius 2 is 0.448 bits per heavy atom. The highest BCUT2D eigenvalue weighted by molar-refractivity contribution is 7.98. The van der Waals surface area contributed by atoms with E-state index in [9.17, 15) is 131 Å². The summed E-state index contributed by atoms with van der Waals surface area (Å²) in [7, 11) is 3.19. The molecule has 0 saturated heterocycles. The summed E-state index contributed by atoms with van der Waals surface area (Å²) < 4.78 is 281. The van der Waals surface area contributed by atoms with Gasteiger partial charge in [-0.25, -0.2) is 22.0 Å². The zero-order valence-corrected chi connectivity index (χ0v) is 74.0. The number of aryl methyl sites for hydroxylation is 4. The Labute approximate surface area is 768 Å². The van der Waals surface area contributed by atoms with Crippen LogP contribution in [-0.4, -0.2) is 85.4 Å². The third kappa shape index (κ3) is 29.0. The summed E-state index contributed by atoms with van der Waals surface area (Å²) in [6.07, 6.45) is -13.7. The van der Waals surface area contributed by atoms with E-state index in [1.54, 1.807) is 14.2 Å². The molecule has 0 bridgehead atoms. The van der Waals surface area contributed by atoms with Crippen molar-refractivity contribution in [2.75, 3.05) is 14.2 Å². The molecule has 0 saturated carbocycles. The Kier molecular flexibility index (Phi) is 40.2. The van der Waals surface area contributed by atoms with Crippen molar-refractivity contribution in [3.63, 3.8) is 0 Å². The van der Waals surface area contributed by atoms with Gasteiger partial charge in [-0.2, -0.15) is 79.0 Å². The second-order valence-electron chi connectivity index (χ2n) is 27.1. The number of aromatic carboxylic acids is 1. The van der Waals surface area contributed by atoms with Gasteiger partial charge in [-0.1, -0.05) is 193 Å². The molecule has 134 heavy (non-hydrogen) atoms. The first-order chi connectivity index (χ1) is 62.7. The van der Waals surface area contributed by atoms with Crippen LogP contribution in [0, 0.1) is 56.8 Å². The molecule has 0 aliphatic rings. The van der Waals surface area contributed by atoms with Gasteiger partial charge in [0, 0.05) is 12.1 Å². The van der Waals surface area contributed by atoms with Crippen molar-refractivity contribution in [3.8, 4) is 11.5 Å². The third-order valence-corrected chi connectivity index (χ3v) is 26.7. The Balaban J connectivity index is 0.000000239. The van der Waals surface area contributed by atoms with Crippen LogP contribution in [0.4, 0.5) is 101 Å². The highest BCUT2D eigenvalue weighted by Crippen LogP contribution is 2.53. The highest BCUT2D eigenvalue weighted by Gasteiger charge is 2.82. The second kappa shape index (κ2) is 48.9. The minimum atomic E-state index is -7.20. The fraction of sp³-hybridized carbons (Fsp3) is 0.146. The lowest BCUT2D eigenvalue weighted by atomic mass is 10.0. The van der Waals surface area contributed by atoms with Gasteiger partial charge in [-0.3, -0.25) is 0 Å². The molecule has 0 fully saturated rings. The fourth-order valence-corrected chi connectivity index (χ4v) is 19.3. The molecular formula is C96H72ClF23O10S4. The van der Waals surface area contributed by atoms with Gasteiger partial charge in [0.05, 0.1) is 69.3 Å². The lowest BCUT2D eigenvalue weighted by Gasteiger charge is -2.33. The Morgan fingerprint density at radius 1 is 0.261 bits per heavy atom. The van der Waals surface area contributed by atoms with Crippen molar-refractivity contribution in [2.45, 2.75) is 134 Å². The number of hydrogen-bond donors (Lipinski definition) is 0. The molecule has 0 aliphatic carbocycles. The first-order valence-electron chi connectivity index (χ1n) is 38.0. The number of aliphatic carboxylic acids is 3. The van der Waals surface area contributed by atoms with E-state index in [4.69, 9.17) is 19.4 Å². The van der Waals surface area contributed by atoms with Gasteiger partial charge < -0.3 is 49.1 Å². The minimum absolute atomic E-state index is 0.0229. The molecule has 10 nitrogen and oxygen atoms in total. The summed E-state index contributed by atoms with van der Waals surface area (Å²) in [5.74, 6) is -56.8. The fourth-order valence-electron chi connectivity index (χ4n) is 10.9. The van der Waals surface area contributed by atoms with E-state index in [2.05, 4.69) is 367 Å². The summed E-state index contributed by atoms with van der Waals surface area (Å²) in [5, 5.41) is 33.5. The predicted octanol–water partition coefficient (Wildman–Crippen LogP) is 22.5. The molecule has 0 atom stereocenters. The average molecular weight is 1990 g/mol. The quantitative estimate of drug-likeness (QED) is 0.0221. The molecule has 13 rings (SSSR count). The molecular weight excluding hydrogens is 1910 g/mol. The molecule has 0 aliphatic heterocycles. The van der Waals surface area contributed by atoms with E-state index in [0.29, 0.717) is 0 Å². The minimum Gasteiger partial charge on any atom is -0.545 e. The molecule has 0 amide bonds. The zero-order valence-electron chi connectivity index (χ0n) is 70.0. The number of hydrogen-bond acceptors (Lipinski definition) is 10. The van der Waals surface area contributed by atoms with E-state index in [1.807, 2.05) is 0 Å². The molecule has 0 unspecified atom stereocenters. The van der Waals surface area contributed by atoms with Crippen LogP contribution in [0.5, 0.6) is 11.5 Å². The maximum Gasteiger partial charge on any atom is 0.460 e. The van der Waals surface area contributed by atoms with Crippen molar-refractivity contribution in [3.05, 3.63) is 384 Å². The van der Waals surface area contributed by atoms with Gasteiger partial charge in [0.25, 0.3) is 0 Å². The number of halogens is 24. The summed E-state index contributed by atoms with van der Waals surface area (Å²) in [4.78, 5) is 53.7. The van der Waals surface area contributed by atoms with Crippen LogP contribution < -0.4 is 29.9 Å². The van der Waals surface area contributed by atoms with Crippen LogP contribution in [0.15, 0.2) is 386 Å². The number of carboxylic acid groups (broad SMARTS) is 4. The Morgan fingerprint density at radius 3 is 0.627 bits per heavy atom. The molecule has 0 heterocycles. The number of methoxy groups -OCH3 is 2. The molecule has 708 valence electrons. The summed E-state index contributed by atoms with van der Waals surface area (Å²) >= 11 is 3.87. The van der Waals surface area contributed by atoms with Crippen LogP contribution in [0.3, 0.4) is 0 Å². The third-order valence-electron chi connectivity index (χ3n) is 17.6. The van der Waals surface area contributed by atoms with Crippen molar-refractivity contribution in [2.24, 2.45) is 0 Å². The summed E-state index contributed by atoms with van der Waals surface area (Å²) in [6, 6.07) is 116. The SMILES string of the molecule is COc1cc([S+](c2ccccc2)c2ccccc2)ccc1C.COc1cc([S+](c2ccccc2)c2ccccc2)ccc1C.Cc1ccc([S+](c2ccccc2)c2ccccc2)cc1.Cc1ccc([S+](c2ccccc2)c2ccccc2)cc1.O=C([O-])C(F)(F)C(F)(F)C(F)(F)C(F)(F)F.O=C([O-])C(F)(F)C(F)(F)C(F)(F)F.O=C([O-])C(F)(F)Cl.O=C([O-])c1c(F)c(F)c(F)c(F)c1F. The van der Waals surface area contributed by atoms with Crippen LogP contribution >= 0.6 is 11.6 Å². The number of carboxylic acids is 4. The van der Waals surface area contributed by atoms with Gasteiger partial charge >= 0.3 is 47.3 Å². The molecule has 0 aromatic heterocycles. The Hall–Kier alpha value is -12.6. The van der Waals surface area contributed by atoms with E-state index in [-0.39, 0.29) is 43.6 Å². The lowest BCUT2D eigenvalue weighted by molar-refractivity contribution is -0.410. The van der Waals surface area contributed by atoms with Gasteiger partial charge in [-0.15, -0.1) is 0 Å². The largest absolute Gasteiger partial charge is 0.545 e. The molecule has 0 radical (unpaired) electrons. The molecule has 0 spiro atoms.